The van der Waals surface area contributed by atoms with Crippen LogP contribution in [0.4, 0.5) is 11.8 Å². The standard InChI is InChI=1S/C11H17ClN4O/c1-7(17)5-8-3-2-4-16(8)10-9(12)6-14-11(13)15-10/h6-8,17H,2-5H2,1H3,(H2,13,14,15). The Kier molecular flexibility index (Phi) is 3.69. The predicted octanol–water partition coefficient (Wildman–Crippen LogP) is 1.45. The van der Waals surface area contributed by atoms with Gasteiger partial charge in [-0.3, -0.25) is 0 Å². The van der Waals surface area contributed by atoms with Crippen LogP contribution in [-0.2, 0) is 0 Å². The third kappa shape index (κ3) is 2.79. The lowest BCUT2D eigenvalue weighted by molar-refractivity contribution is 0.175. The highest BCUT2D eigenvalue weighted by molar-refractivity contribution is 6.32. The van der Waals surface area contributed by atoms with Crippen molar-refractivity contribution >= 4 is 23.4 Å². The summed E-state index contributed by atoms with van der Waals surface area (Å²) in [5.41, 5.74) is 5.58. The fraction of sp³-hybridized carbons (Fsp3) is 0.636. The van der Waals surface area contributed by atoms with Gasteiger partial charge in [-0.2, -0.15) is 4.98 Å². The highest BCUT2D eigenvalue weighted by atomic mass is 35.5. The normalized spacial score (nSPS) is 21.8. The third-order valence-corrected chi connectivity index (χ3v) is 3.27. The largest absolute Gasteiger partial charge is 0.393 e. The number of aliphatic hydroxyl groups excluding tert-OH is 1. The van der Waals surface area contributed by atoms with E-state index in [2.05, 4.69) is 14.9 Å². The number of nitrogens with zero attached hydrogens (tertiary/aromatic N) is 3. The van der Waals surface area contributed by atoms with Crippen molar-refractivity contribution in [2.24, 2.45) is 0 Å². The van der Waals surface area contributed by atoms with Crippen LogP contribution in [-0.4, -0.2) is 33.8 Å². The highest BCUT2D eigenvalue weighted by Gasteiger charge is 2.28. The molecular formula is C11H17ClN4O. The second-order valence-corrected chi connectivity index (χ2v) is 4.88. The fourth-order valence-electron chi connectivity index (χ4n) is 2.33. The molecule has 6 heteroatoms. The Labute approximate surface area is 106 Å². The molecule has 2 unspecified atom stereocenters. The molecule has 0 bridgehead atoms. The summed E-state index contributed by atoms with van der Waals surface area (Å²) in [6.45, 7) is 2.69. The molecule has 2 atom stereocenters. The molecule has 94 valence electrons. The second kappa shape index (κ2) is 5.06. The molecule has 1 fully saturated rings. The summed E-state index contributed by atoms with van der Waals surface area (Å²) >= 11 is 6.09. The van der Waals surface area contributed by atoms with Gasteiger partial charge in [-0.25, -0.2) is 4.98 Å². The monoisotopic (exact) mass is 256 g/mol. The molecule has 1 aromatic rings. The molecule has 1 saturated heterocycles. The number of aliphatic hydroxyl groups is 1. The van der Waals surface area contributed by atoms with Gasteiger partial charge in [-0.05, 0) is 26.2 Å². The molecule has 0 radical (unpaired) electrons. The summed E-state index contributed by atoms with van der Waals surface area (Å²) in [5.74, 6) is 0.911. The Hall–Kier alpha value is -1.07. The van der Waals surface area contributed by atoms with Crippen LogP contribution in [0.2, 0.25) is 5.02 Å². The van der Waals surface area contributed by atoms with Gasteiger partial charge in [0.1, 0.15) is 5.02 Å². The first-order valence-electron chi connectivity index (χ1n) is 5.80. The zero-order valence-electron chi connectivity index (χ0n) is 9.80. The van der Waals surface area contributed by atoms with Crippen LogP contribution in [0.15, 0.2) is 6.20 Å². The average molecular weight is 257 g/mol. The molecule has 0 saturated carbocycles. The van der Waals surface area contributed by atoms with E-state index in [9.17, 15) is 5.11 Å². The van der Waals surface area contributed by atoms with Crippen molar-refractivity contribution in [1.29, 1.82) is 0 Å². The van der Waals surface area contributed by atoms with Crippen molar-refractivity contribution < 1.29 is 5.11 Å². The summed E-state index contributed by atoms with van der Waals surface area (Å²) in [6.07, 6.45) is 4.05. The van der Waals surface area contributed by atoms with Crippen LogP contribution in [0.5, 0.6) is 0 Å². The first-order chi connectivity index (χ1) is 8.08. The highest BCUT2D eigenvalue weighted by Crippen LogP contribution is 2.31. The van der Waals surface area contributed by atoms with Crippen molar-refractivity contribution in [3.63, 3.8) is 0 Å². The lowest BCUT2D eigenvalue weighted by atomic mass is 10.1. The van der Waals surface area contributed by atoms with E-state index in [0.29, 0.717) is 10.8 Å². The van der Waals surface area contributed by atoms with Gasteiger partial charge in [0.05, 0.1) is 12.3 Å². The number of hydrogen-bond acceptors (Lipinski definition) is 5. The summed E-state index contributed by atoms with van der Waals surface area (Å²) in [4.78, 5) is 10.2. The SMILES string of the molecule is CC(O)CC1CCCN1c1nc(N)ncc1Cl. The van der Waals surface area contributed by atoms with Gasteiger partial charge >= 0.3 is 0 Å². The lowest BCUT2D eigenvalue weighted by Crippen LogP contribution is -2.32. The predicted molar refractivity (Wildman–Crippen MR) is 68.1 cm³/mol. The Morgan fingerprint density at radius 2 is 2.47 bits per heavy atom. The fourth-order valence-corrected chi connectivity index (χ4v) is 2.53. The molecule has 0 spiro atoms. The van der Waals surface area contributed by atoms with E-state index in [1.165, 1.54) is 6.20 Å². The number of nitrogen functional groups attached to an aromatic ring is 1. The summed E-state index contributed by atoms with van der Waals surface area (Å²) in [5, 5.41) is 10.00. The molecule has 3 N–H and O–H groups in total. The number of anilines is 2. The summed E-state index contributed by atoms with van der Waals surface area (Å²) in [7, 11) is 0. The number of hydrogen-bond donors (Lipinski definition) is 2. The first kappa shape index (κ1) is 12.4. The quantitative estimate of drug-likeness (QED) is 0.856. The summed E-state index contributed by atoms with van der Waals surface area (Å²) < 4.78 is 0. The van der Waals surface area contributed by atoms with Crippen LogP contribution in [0.1, 0.15) is 26.2 Å². The topological polar surface area (TPSA) is 75.3 Å². The minimum atomic E-state index is -0.321. The molecule has 1 aliphatic rings. The number of rotatable bonds is 3. The van der Waals surface area contributed by atoms with Crippen LogP contribution >= 0.6 is 11.6 Å². The Bertz CT molecular complexity index is 399. The maximum atomic E-state index is 9.48. The molecule has 0 aromatic carbocycles. The zero-order valence-corrected chi connectivity index (χ0v) is 10.6. The molecule has 1 aliphatic heterocycles. The first-order valence-corrected chi connectivity index (χ1v) is 6.18. The van der Waals surface area contributed by atoms with Crippen LogP contribution in [0.3, 0.4) is 0 Å². The van der Waals surface area contributed by atoms with E-state index < -0.39 is 0 Å². The Morgan fingerprint density at radius 3 is 3.18 bits per heavy atom. The van der Waals surface area contributed by atoms with Crippen molar-refractivity contribution in [3.8, 4) is 0 Å². The molecule has 0 aliphatic carbocycles. The Balaban J connectivity index is 2.22. The van der Waals surface area contributed by atoms with Gasteiger partial charge < -0.3 is 15.7 Å². The van der Waals surface area contributed by atoms with E-state index in [4.69, 9.17) is 17.3 Å². The third-order valence-electron chi connectivity index (χ3n) is 3.01. The molecular weight excluding hydrogens is 240 g/mol. The molecule has 2 rings (SSSR count). The molecule has 2 heterocycles. The van der Waals surface area contributed by atoms with Crippen molar-refractivity contribution in [2.75, 3.05) is 17.2 Å². The van der Waals surface area contributed by atoms with Gasteiger partial charge in [-0.1, -0.05) is 11.6 Å². The summed E-state index contributed by atoms with van der Waals surface area (Å²) in [6, 6.07) is 0.279. The minimum Gasteiger partial charge on any atom is -0.393 e. The van der Waals surface area contributed by atoms with Gasteiger partial charge in [0.2, 0.25) is 5.95 Å². The Morgan fingerprint density at radius 1 is 1.71 bits per heavy atom. The van der Waals surface area contributed by atoms with Crippen molar-refractivity contribution in [2.45, 2.75) is 38.3 Å². The maximum absolute atomic E-state index is 9.48. The van der Waals surface area contributed by atoms with Crippen molar-refractivity contribution in [1.82, 2.24) is 9.97 Å². The molecule has 17 heavy (non-hydrogen) atoms. The van der Waals surface area contributed by atoms with Gasteiger partial charge in [0, 0.05) is 12.6 Å². The van der Waals surface area contributed by atoms with Gasteiger partial charge in [0.25, 0.3) is 0 Å². The van der Waals surface area contributed by atoms with Gasteiger partial charge in [0.15, 0.2) is 5.82 Å². The van der Waals surface area contributed by atoms with E-state index in [1.54, 1.807) is 6.92 Å². The van der Waals surface area contributed by atoms with E-state index in [-0.39, 0.29) is 18.1 Å². The lowest BCUT2D eigenvalue weighted by Gasteiger charge is -2.27. The van der Waals surface area contributed by atoms with Crippen LogP contribution in [0.25, 0.3) is 0 Å². The second-order valence-electron chi connectivity index (χ2n) is 4.47. The van der Waals surface area contributed by atoms with E-state index in [1.807, 2.05) is 0 Å². The molecule has 1 aromatic heterocycles. The molecule has 5 nitrogen and oxygen atoms in total. The smallest absolute Gasteiger partial charge is 0.222 e. The van der Waals surface area contributed by atoms with Gasteiger partial charge in [-0.15, -0.1) is 0 Å². The average Bonchev–Trinajstić information content (AvgIpc) is 2.69. The molecule has 0 amide bonds. The van der Waals surface area contributed by atoms with E-state index in [0.717, 1.165) is 25.8 Å². The van der Waals surface area contributed by atoms with Crippen molar-refractivity contribution in [3.05, 3.63) is 11.2 Å². The van der Waals surface area contributed by atoms with Crippen LogP contribution in [0, 0.1) is 0 Å². The number of nitrogens with two attached hydrogens (primary N) is 1. The number of halogens is 1. The number of aromatic nitrogens is 2. The van der Waals surface area contributed by atoms with E-state index >= 15 is 0 Å². The van der Waals surface area contributed by atoms with Crippen LogP contribution < -0.4 is 10.6 Å². The zero-order chi connectivity index (χ0) is 12.4. The maximum Gasteiger partial charge on any atom is 0.222 e. The minimum absolute atomic E-state index is 0.229.